The van der Waals surface area contributed by atoms with Crippen LogP contribution in [0.15, 0.2) is 36.5 Å². The number of nitrogens with one attached hydrogen (secondary N) is 1. The van der Waals surface area contributed by atoms with Crippen LogP contribution < -0.4 is 5.32 Å². The monoisotopic (exact) mass is 276 g/mol. The maximum Gasteiger partial charge on any atom is 0.244 e. The molecule has 0 saturated carbocycles. The van der Waals surface area contributed by atoms with Crippen molar-refractivity contribution in [2.24, 2.45) is 0 Å². The van der Waals surface area contributed by atoms with Gasteiger partial charge < -0.3 is 9.88 Å². The largest absolute Gasteiger partial charge is 0.336 e. The summed E-state index contributed by atoms with van der Waals surface area (Å²) in [7, 11) is 0. The number of anilines is 1. The number of aromatic nitrogens is 1. The van der Waals surface area contributed by atoms with Gasteiger partial charge in [-0.1, -0.05) is 17.7 Å². The fraction of sp³-hybridized carbons (Fsp3) is 0.143. The maximum atomic E-state index is 11.9. The third kappa shape index (κ3) is 3.23. The lowest BCUT2D eigenvalue weighted by Gasteiger charge is -2.08. The zero-order valence-corrected chi connectivity index (χ0v) is 11.1. The summed E-state index contributed by atoms with van der Waals surface area (Å²) in [4.78, 5) is 22.6. The lowest BCUT2D eigenvalue weighted by Crippen LogP contribution is -2.19. The normalized spacial score (nSPS) is 10.2. The molecule has 1 aromatic heterocycles. The van der Waals surface area contributed by atoms with Crippen molar-refractivity contribution in [2.45, 2.75) is 13.5 Å². The van der Waals surface area contributed by atoms with E-state index in [2.05, 4.69) is 5.32 Å². The zero-order chi connectivity index (χ0) is 13.8. The average Bonchev–Trinajstić information content (AvgIpc) is 2.81. The highest BCUT2D eigenvalue weighted by Crippen LogP contribution is 2.19. The molecule has 0 unspecified atom stereocenters. The molecule has 0 aliphatic carbocycles. The van der Waals surface area contributed by atoms with Gasteiger partial charge in [0.1, 0.15) is 6.54 Å². The summed E-state index contributed by atoms with van der Waals surface area (Å²) >= 11 is 5.98. The Kier molecular flexibility index (Phi) is 4.02. The Morgan fingerprint density at radius 2 is 2.21 bits per heavy atom. The minimum absolute atomic E-state index is 0.0899. The Hall–Kier alpha value is -2.07. The molecule has 1 heterocycles. The Morgan fingerprint density at radius 1 is 1.42 bits per heavy atom. The molecule has 1 amide bonds. The van der Waals surface area contributed by atoms with Crippen molar-refractivity contribution in [3.05, 3.63) is 52.8 Å². The number of carbonyl (C=O) groups excluding carboxylic acids is 2. The Morgan fingerprint density at radius 3 is 2.89 bits per heavy atom. The second kappa shape index (κ2) is 5.71. The SMILES string of the molecule is Cc1ccc(NC(=O)Cn2cccc2C=O)cc1Cl. The van der Waals surface area contributed by atoms with Crippen LogP contribution in [-0.2, 0) is 11.3 Å². The highest BCUT2D eigenvalue weighted by Gasteiger charge is 2.07. The van der Waals surface area contributed by atoms with E-state index in [0.717, 1.165) is 11.8 Å². The predicted octanol–water partition coefficient (Wildman–Crippen LogP) is 2.90. The summed E-state index contributed by atoms with van der Waals surface area (Å²) in [5.74, 6) is -0.209. The van der Waals surface area contributed by atoms with Crippen molar-refractivity contribution in [3.63, 3.8) is 0 Å². The fourth-order valence-corrected chi connectivity index (χ4v) is 1.88. The first-order chi connectivity index (χ1) is 9.10. The second-order valence-electron chi connectivity index (χ2n) is 4.19. The summed E-state index contributed by atoms with van der Waals surface area (Å²) in [6, 6.07) is 8.70. The van der Waals surface area contributed by atoms with Gasteiger partial charge in [0, 0.05) is 16.9 Å². The van der Waals surface area contributed by atoms with Crippen LogP contribution in [0.25, 0.3) is 0 Å². The average molecular weight is 277 g/mol. The molecule has 2 aromatic rings. The molecule has 0 atom stereocenters. The van der Waals surface area contributed by atoms with E-state index < -0.39 is 0 Å². The standard InChI is InChI=1S/C14H13ClN2O2/c1-10-4-5-11(7-13(10)15)16-14(19)8-17-6-2-3-12(17)9-18/h2-7,9H,8H2,1H3,(H,16,19). The Labute approximate surface area is 116 Å². The predicted molar refractivity (Wildman–Crippen MR) is 74.6 cm³/mol. The fourth-order valence-electron chi connectivity index (χ4n) is 1.70. The van der Waals surface area contributed by atoms with E-state index >= 15 is 0 Å². The highest BCUT2D eigenvalue weighted by molar-refractivity contribution is 6.31. The van der Waals surface area contributed by atoms with Crippen molar-refractivity contribution in [1.82, 2.24) is 4.57 Å². The molecule has 2 rings (SSSR count). The van der Waals surface area contributed by atoms with Gasteiger partial charge in [-0.3, -0.25) is 9.59 Å². The number of hydrogen-bond donors (Lipinski definition) is 1. The van der Waals surface area contributed by atoms with E-state index in [0.29, 0.717) is 16.4 Å². The summed E-state index contributed by atoms with van der Waals surface area (Å²) in [6.07, 6.45) is 2.40. The van der Waals surface area contributed by atoms with Gasteiger partial charge in [0.25, 0.3) is 0 Å². The number of aryl methyl sites for hydroxylation is 1. The van der Waals surface area contributed by atoms with E-state index in [-0.39, 0.29) is 12.5 Å². The van der Waals surface area contributed by atoms with Gasteiger partial charge in [-0.2, -0.15) is 0 Å². The number of aldehydes is 1. The number of halogens is 1. The molecule has 0 aliphatic heterocycles. The lowest BCUT2D eigenvalue weighted by molar-refractivity contribution is -0.116. The van der Waals surface area contributed by atoms with E-state index in [1.54, 1.807) is 35.0 Å². The molecule has 4 nitrogen and oxygen atoms in total. The zero-order valence-electron chi connectivity index (χ0n) is 10.4. The van der Waals surface area contributed by atoms with Crippen LogP contribution in [-0.4, -0.2) is 16.8 Å². The molecular weight excluding hydrogens is 264 g/mol. The molecule has 98 valence electrons. The summed E-state index contributed by atoms with van der Waals surface area (Å²) in [5.41, 5.74) is 2.06. The molecule has 0 radical (unpaired) electrons. The van der Waals surface area contributed by atoms with Gasteiger partial charge in [0.15, 0.2) is 6.29 Å². The van der Waals surface area contributed by atoms with Gasteiger partial charge in [-0.05, 0) is 36.8 Å². The minimum Gasteiger partial charge on any atom is -0.336 e. The summed E-state index contributed by atoms with van der Waals surface area (Å²) < 4.78 is 1.58. The quantitative estimate of drug-likeness (QED) is 0.873. The van der Waals surface area contributed by atoms with Crippen molar-refractivity contribution in [2.75, 3.05) is 5.32 Å². The van der Waals surface area contributed by atoms with Gasteiger partial charge in [0.05, 0.1) is 5.69 Å². The van der Waals surface area contributed by atoms with Crippen LogP contribution in [0.4, 0.5) is 5.69 Å². The van der Waals surface area contributed by atoms with Crippen molar-refractivity contribution in [1.29, 1.82) is 0 Å². The van der Waals surface area contributed by atoms with Crippen molar-refractivity contribution < 1.29 is 9.59 Å². The number of nitrogens with zero attached hydrogens (tertiary/aromatic N) is 1. The molecule has 19 heavy (non-hydrogen) atoms. The molecule has 1 aromatic carbocycles. The van der Waals surface area contributed by atoms with Crippen molar-refractivity contribution >= 4 is 29.5 Å². The summed E-state index contributed by atoms with van der Waals surface area (Å²) in [6.45, 7) is 1.98. The van der Waals surface area contributed by atoms with Gasteiger partial charge >= 0.3 is 0 Å². The molecule has 1 N–H and O–H groups in total. The smallest absolute Gasteiger partial charge is 0.244 e. The summed E-state index contributed by atoms with van der Waals surface area (Å²) in [5, 5.41) is 3.34. The number of benzene rings is 1. The molecule has 0 spiro atoms. The van der Waals surface area contributed by atoms with Gasteiger partial charge in [0.2, 0.25) is 5.91 Å². The van der Waals surface area contributed by atoms with Crippen LogP contribution in [0.3, 0.4) is 0 Å². The number of carbonyl (C=O) groups is 2. The first-order valence-electron chi connectivity index (χ1n) is 5.76. The van der Waals surface area contributed by atoms with E-state index in [1.165, 1.54) is 0 Å². The van der Waals surface area contributed by atoms with E-state index in [4.69, 9.17) is 11.6 Å². The highest BCUT2D eigenvalue weighted by atomic mass is 35.5. The lowest BCUT2D eigenvalue weighted by atomic mass is 10.2. The van der Waals surface area contributed by atoms with Crippen LogP contribution >= 0.6 is 11.6 Å². The van der Waals surface area contributed by atoms with Crippen LogP contribution in [0.1, 0.15) is 16.1 Å². The maximum absolute atomic E-state index is 11.9. The third-order valence-electron chi connectivity index (χ3n) is 2.75. The molecule has 0 saturated heterocycles. The molecule has 0 bridgehead atoms. The van der Waals surface area contributed by atoms with E-state index in [1.807, 2.05) is 13.0 Å². The first kappa shape index (κ1) is 13.4. The van der Waals surface area contributed by atoms with Gasteiger partial charge in [-0.25, -0.2) is 0 Å². The Balaban J connectivity index is 2.05. The Bertz CT molecular complexity index is 620. The minimum atomic E-state index is -0.209. The molecule has 0 fully saturated rings. The molecule has 5 heteroatoms. The van der Waals surface area contributed by atoms with Crippen LogP contribution in [0.5, 0.6) is 0 Å². The van der Waals surface area contributed by atoms with E-state index in [9.17, 15) is 9.59 Å². The van der Waals surface area contributed by atoms with Gasteiger partial charge in [-0.15, -0.1) is 0 Å². The van der Waals surface area contributed by atoms with Crippen LogP contribution in [0, 0.1) is 6.92 Å². The molecule has 0 aliphatic rings. The third-order valence-corrected chi connectivity index (χ3v) is 3.16. The molecular formula is C14H13ClN2O2. The topological polar surface area (TPSA) is 51.1 Å². The number of rotatable bonds is 4. The number of hydrogen-bond acceptors (Lipinski definition) is 2. The number of amides is 1. The first-order valence-corrected chi connectivity index (χ1v) is 6.14. The van der Waals surface area contributed by atoms with Crippen molar-refractivity contribution in [3.8, 4) is 0 Å². The van der Waals surface area contributed by atoms with Crippen LogP contribution in [0.2, 0.25) is 5.02 Å². The second-order valence-corrected chi connectivity index (χ2v) is 4.60.